The molecule has 2 rings (SSSR count). The molecule has 4 nitrogen and oxygen atoms in total. The SMILES string of the molecule is C[Si](C)(O)O[Si](C)(C)C12[B][B][B][B][B]C([Si](C)(C)O[Si](C)(C)O)([B][B][B]1)[B][B]2. The van der Waals surface area contributed by atoms with E-state index in [9.17, 15) is 9.59 Å². The highest BCUT2D eigenvalue weighted by Crippen LogP contribution is 2.44. The molecule has 2 unspecified atom stereocenters. The summed E-state index contributed by atoms with van der Waals surface area (Å²) in [5.74, 6) is 0. The molecule has 2 aliphatic heterocycles. The summed E-state index contributed by atoms with van der Waals surface area (Å²) in [6, 6.07) is 0. The van der Waals surface area contributed by atoms with E-state index in [0.29, 0.717) is 0 Å². The Bertz CT molecular complexity index is 515. The molecular formula is C10H26B10O4Si4. The van der Waals surface area contributed by atoms with Gasteiger partial charge in [-0.05, 0) is 52.4 Å². The monoisotopic (exact) mass is 432 g/mol. The summed E-state index contributed by atoms with van der Waals surface area (Å²) < 4.78 is 12.0. The second-order valence-corrected chi connectivity index (χ2v) is 24.9. The summed E-state index contributed by atoms with van der Waals surface area (Å²) in [4.78, 5) is 21.0. The van der Waals surface area contributed by atoms with Crippen LogP contribution in [0, 0.1) is 0 Å². The molecule has 2 heterocycles. The first-order valence-corrected chi connectivity index (χ1v) is 21.4. The predicted octanol–water partition coefficient (Wildman–Crippen LogP) is -1.48. The van der Waals surface area contributed by atoms with Crippen LogP contribution in [0.1, 0.15) is 0 Å². The van der Waals surface area contributed by atoms with Gasteiger partial charge in [0.05, 0.1) is 14.3 Å². The Morgan fingerprint density at radius 1 is 0.500 bits per heavy atom. The molecule has 136 valence electrons. The number of hydrogen-bond donors (Lipinski definition) is 2. The summed E-state index contributed by atoms with van der Waals surface area (Å²) in [7, 11) is 11.4. The molecule has 0 spiro atoms. The zero-order chi connectivity index (χ0) is 21.5. The second kappa shape index (κ2) is 8.71. The van der Waals surface area contributed by atoms with Crippen molar-refractivity contribution in [2.45, 2.75) is 61.8 Å². The smallest absolute Gasteiger partial charge is 0.318 e. The van der Waals surface area contributed by atoms with Gasteiger partial charge in [-0.25, -0.2) is 0 Å². The van der Waals surface area contributed by atoms with Gasteiger partial charge in [-0.3, -0.25) is 0 Å². The van der Waals surface area contributed by atoms with E-state index in [4.69, 9.17) is 8.23 Å². The molecule has 2 atom stereocenters. The van der Waals surface area contributed by atoms with Crippen LogP contribution in [-0.2, 0) is 8.23 Å². The molecule has 2 N–H and O–H groups in total. The molecule has 2 bridgehead atoms. The molecule has 0 aliphatic carbocycles. The minimum absolute atomic E-state index is 0.378. The number of rotatable bonds is 6. The predicted molar refractivity (Wildman–Crippen MR) is 139 cm³/mol. The zero-order valence-electron chi connectivity index (χ0n) is 18.5. The fourth-order valence-electron chi connectivity index (χ4n) is 4.10. The molecule has 10 radical (unpaired) electrons. The van der Waals surface area contributed by atoms with Gasteiger partial charge in [-0.2, -0.15) is 0 Å². The Labute approximate surface area is 184 Å². The fraction of sp³-hybridized carbons (Fsp3) is 1.00. The molecule has 2 aliphatic rings. The lowest BCUT2D eigenvalue weighted by Gasteiger charge is -2.50. The van der Waals surface area contributed by atoms with Gasteiger partial charge in [0.15, 0.2) is 16.6 Å². The highest BCUT2D eigenvalue weighted by atomic mass is 28.4. The van der Waals surface area contributed by atoms with E-state index in [0.717, 1.165) is 0 Å². The first-order valence-electron chi connectivity index (χ1n) is 9.83. The number of hydrogen-bond acceptors (Lipinski definition) is 4. The van der Waals surface area contributed by atoms with E-state index in [-0.39, 0.29) is 9.47 Å². The third-order valence-electron chi connectivity index (χ3n) is 5.44. The van der Waals surface area contributed by atoms with Gasteiger partial charge < -0.3 is 17.8 Å². The highest BCUT2D eigenvalue weighted by molar-refractivity contribution is 7.63. The third kappa shape index (κ3) is 5.98. The summed E-state index contributed by atoms with van der Waals surface area (Å²) in [6.07, 6.45) is 0. The summed E-state index contributed by atoms with van der Waals surface area (Å²) in [5, 5.41) is 0. The first kappa shape index (κ1) is 25.6. The Morgan fingerprint density at radius 3 is 1.14 bits per heavy atom. The molecule has 28 heavy (non-hydrogen) atoms. The van der Waals surface area contributed by atoms with E-state index >= 15 is 0 Å². The van der Waals surface area contributed by atoms with Crippen molar-refractivity contribution in [1.29, 1.82) is 0 Å². The Hall–Kier alpha value is 1.36. The highest BCUT2D eigenvalue weighted by Gasteiger charge is 2.56. The van der Waals surface area contributed by atoms with Crippen LogP contribution in [0.5, 0.6) is 0 Å². The van der Waals surface area contributed by atoms with Crippen LogP contribution >= 0.6 is 0 Å². The van der Waals surface area contributed by atoms with Crippen LogP contribution in [0.15, 0.2) is 0 Å². The Kier molecular flexibility index (Phi) is 7.97. The maximum atomic E-state index is 10.5. The maximum absolute atomic E-state index is 10.5. The second-order valence-electron chi connectivity index (χ2n) is 9.75. The van der Waals surface area contributed by atoms with E-state index in [2.05, 4.69) is 90.4 Å². The van der Waals surface area contributed by atoms with E-state index in [1.807, 2.05) is 33.2 Å². The van der Waals surface area contributed by atoms with Gasteiger partial charge in [-0.15, -0.1) is 9.47 Å². The Morgan fingerprint density at radius 2 is 0.821 bits per heavy atom. The molecule has 0 aromatic rings. The minimum atomic E-state index is -2.69. The van der Waals surface area contributed by atoms with E-state index < -0.39 is 33.8 Å². The van der Waals surface area contributed by atoms with Gasteiger partial charge in [0.1, 0.15) is 0 Å². The van der Waals surface area contributed by atoms with Crippen LogP contribution < -0.4 is 0 Å². The van der Waals surface area contributed by atoms with Crippen molar-refractivity contribution in [2.24, 2.45) is 0 Å². The molecule has 0 amide bonds. The topological polar surface area (TPSA) is 58.9 Å². The molecular weight excluding hydrogens is 405 g/mol. The van der Waals surface area contributed by atoms with Crippen molar-refractivity contribution in [2.75, 3.05) is 0 Å². The minimum Gasteiger partial charge on any atom is -0.438 e. The van der Waals surface area contributed by atoms with Crippen molar-refractivity contribution in [1.82, 2.24) is 0 Å². The zero-order valence-corrected chi connectivity index (χ0v) is 22.5. The lowest BCUT2D eigenvalue weighted by molar-refractivity contribution is 0.383. The molecule has 0 saturated carbocycles. The summed E-state index contributed by atoms with van der Waals surface area (Å²) >= 11 is 0. The maximum Gasteiger partial charge on any atom is 0.318 e. The van der Waals surface area contributed by atoms with Crippen molar-refractivity contribution >= 4 is 105 Å². The summed E-state index contributed by atoms with van der Waals surface area (Å²) in [5.41, 5.74) is 0. The van der Waals surface area contributed by atoms with Crippen LogP contribution in [0.4, 0.5) is 0 Å². The lowest BCUT2D eigenvalue weighted by Crippen LogP contribution is -2.63. The molecule has 0 aromatic carbocycles. The quantitative estimate of drug-likeness (QED) is 0.505. The average Bonchev–Trinajstić information content (AvgIpc) is 2.59. The Balaban J connectivity index is 2.39. The fourth-order valence-corrected chi connectivity index (χ4v) is 18.5. The first-order chi connectivity index (χ1) is 12.5. The van der Waals surface area contributed by atoms with Crippen molar-refractivity contribution < 1.29 is 17.8 Å². The molecule has 2 fully saturated rings. The van der Waals surface area contributed by atoms with Crippen LogP contribution in [0.3, 0.4) is 0 Å². The van der Waals surface area contributed by atoms with Gasteiger partial charge in [-0.1, -0.05) is 0 Å². The van der Waals surface area contributed by atoms with Crippen LogP contribution in [0.25, 0.3) is 0 Å². The lowest BCUT2D eigenvalue weighted by atomic mass is 8.93. The molecule has 2 saturated heterocycles. The van der Waals surface area contributed by atoms with E-state index in [1.54, 1.807) is 0 Å². The van der Waals surface area contributed by atoms with Gasteiger partial charge in [0.2, 0.25) is 0 Å². The van der Waals surface area contributed by atoms with Crippen LogP contribution in [-0.4, -0.2) is 115 Å². The standard InChI is InChI=1S/C10H26B10O4Si4/c1-25(2,23-27(5,6)21)9-11-12-10(14-17-13-9,16-19-20-18-15-9)26(3,4)24-28(7,8)22/h21-22H,1-8H3. The average molecular weight is 431 g/mol. The van der Waals surface area contributed by atoms with Crippen molar-refractivity contribution in [3.05, 3.63) is 0 Å². The molecule has 0 aromatic heterocycles. The van der Waals surface area contributed by atoms with Crippen LogP contribution in [0.2, 0.25) is 61.8 Å². The van der Waals surface area contributed by atoms with Crippen molar-refractivity contribution in [3.8, 4) is 0 Å². The van der Waals surface area contributed by atoms with Gasteiger partial charge in [0, 0.05) is 56.9 Å². The van der Waals surface area contributed by atoms with Gasteiger partial charge in [0.25, 0.3) is 0 Å². The number of fused-ring (bicyclic) bond motifs is 3. The normalized spacial score (nSPS) is 28.2. The molecule has 18 heteroatoms. The van der Waals surface area contributed by atoms with E-state index in [1.165, 1.54) is 0 Å². The largest absolute Gasteiger partial charge is 0.438 e. The van der Waals surface area contributed by atoms with Gasteiger partial charge >= 0.3 is 17.1 Å². The third-order valence-corrected chi connectivity index (χ3v) is 18.7. The van der Waals surface area contributed by atoms with Crippen molar-refractivity contribution in [3.63, 3.8) is 0 Å². The summed E-state index contributed by atoms with van der Waals surface area (Å²) in [6.45, 7) is 16.0.